The summed E-state index contributed by atoms with van der Waals surface area (Å²) in [6, 6.07) is 7.27. The molecule has 0 aliphatic carbocycles. The Bertz CT molecular complexity index is 889. The van der Waals surface area contributed by atoms with Gasteiger partial charge in [-0.3, -0.25) is 14.7 Å². The summed E-state index contributed by atoms with van der Waals surface area (Å²) in [5.74, 6) is -0.960. The van der Waals surface area contributed by atoms with Crippen LogP contribution in [0, 0.1) is 0 Å². The van der Waals surface area contributed by atoms with Crippen LogP contribution in [-0.2, 0) is 11.3 Å². The van der Waals surface area contributed by atoms with E-state index in [1.165, 1.54) is 24.3 Å². The average Bonchev–Trinajstić information content (AvgIpc) is 2.73. The predicted molar refractivity (Wildman–Crippen MR) is 105 cm³/mol. The number of alkyl halides is 4. The first-order valence-corrected chi connectivity index (χ1v) is 9.52. The van der Waals surface area contributed by atoms with Crippen LogP contribution in [0.1, 0.15) is 11.1 Å². The maximum absolute atomic E-state index is 12.7. The quantitative estimate of drug-likeness (QED) is 0.464. The number of ether oxygens (including phenoxy) is 2. The van der Waals surface area contributed by atoms with Gasteiger partial charge >= 0.3 is 13.2 Å². The van der Waals surface area contributed by atoms with Crippen molar-refractivity contribution in [3.05, 3.63) is 59.9 Å². The fraction of sp³-hybridized carbons (Fsp3) is 0.333. The Labute approximate surface area is 176 Å². The second-order valence-corrected chi connectivity index (χ2v) is 6.75. The lowest BCUT2D eigenvalue weighted by Crippen LogP contribution is -2.47. The summed E-state index contributed by atoms with van der Waals surface area (Å²) in [4.78, 5) is 20.3. The molecule has 2 aromatic rings. The molecule has 1 saturated heterocycles. The molecule has 0 bridgehead atoms. The van der Waals surface area contributed by atoms with Crippen LogP contribution < -0.4 is 9.47 Å². The minimum atomic E-state index is -3.15. The van der Waals surface area contributed by atoms with E-state index in [9.17, 15) is 22.4 Å². The van der Waals surface area contributed by atoms with Gasteiger partial charge in [-0.15, -0.1) is 0 Å². The molecule has 1 aromatic heterocycles. The number of carbonyl (C=O) groups is 1. The first kappa shape index (κ1) is 22.5. The Morgan fingerprint density at radius 2 is 1.68 bits per heavy atom. The van der Waals surface area contributed by atoms with Gasteiger partial charge in [-0.2, -0.15) is 17.6 Å². The smallest absolute Gasteiger partial charge is 0.387 e. The van der Waals surface area contributed by atoms with Crippen molar-refractivity contribution < 1.29 is 31.8 Å². The number of rotatable bonds is 8. The largest absolute Gasteiger partial charge is 0.435 e. The van der Waals surface area contributed by atoms with E-state index in [1.807, 2.05) is 12.1 Å². The Morgan fingerprint density at radius 1 is 1.00 bits per heavy atom. The van der Waals surface area contributed by atoms with Crippen molar-refractivity contribution >= 4 is 12.0 Å². The molecular weight excluding hydrogens is 418 g/mol. The normalized spacial score (nSPS) is 15.1. The van der Waals surface area contributed by atoms with Crippen molar-refractivity contribution in [1.82, 2.24) is 14.8 Å². The average molecular weight is 439 g/mol. The van der Waals surface area contributed by atoms with Gasteiger partial charge in [0.25, 0.3) is 0 Å². The molecule has 0 atom stereocenters. The molecule has 166 valence electrons. The molecule has 1 fully saturated rings. The third kappa shape index (κ3) is 6.95. The van der Waals surface area contributed by atoms with E-state index in [0.29, 0.717) is 26.2 Å². The first-order valence-electron chi connectivity index (χ1n) is 9.52. The number of nitrogens with zero attached hydrogens (tertiary/aromatic N) is 3. The van der Waals surface area contributed by atoms with Crippen molar-refractivity contribution in [3.63, 3.8) is 0 Å². The molecule has 6 nitrogen and oxygen atoms in total. The summed E-state index contributed by atoms with van der Waals surface area (Å²) in [6.07, 6.45) is 6.03. The molecule has 31 heavy (non-hydrogen) atoms. The zero-order valence-electron chi connectivity index (χ0n) is 16.5. The van der Waals surface area contributed by atoms with Crippen molar-refractivity contribution in [1.29, 1.82) is 0 Å². The zero-order valence-corrected chi connectivity index (χ0v) is 16.5. The molecule has 0 unspecified atom stereocenters. The number of amides is 1. The summed E-state index contributed by atoms with van der Waals surface area (Å²) in [5, 5.41) is 0. The summed E-state index contributed by atoms with van der Waals surface area (Å²) in [5.41, 5.74) is 1.28. The SMILES string of the molecule is O=C(/C=C/c1ccc(OC(F)F)cc1OC(F)F)N1CCN(Cc2ccncc2)CC1. The molecule has 1 aliphatic heterocycles. The van der Waals surface area contributed by atoms with Crippen molar-refractivity contribution in [2.24, 2.45) is 0 Å². The van der Waals surface area contributed by atoms with Crippen LogP contribution in [0.3, 0.4) is 0 Å². The monoisotopic (exact) mass is 439 g/mol. The minimum Gasteiger partial charge on any atom is -0.435 e. The fourth-order valence-electron chi connectivity index (χ4n) is 3.17. The van der Waals surface area contributed by atoms with Gasteiger partial charge in [-0.05, 0) is 35.9 Å². The van der Waals surface area contributed by atoms with E-state index < -0.39 is 13.2 Å². The van der Waals surface area contributed by atoms with Gasteiger partial charge in [0.05, 0.1) is 0 Å². The lowest BCUT2D eigenvalue weighted by atomic mass is 10.1. The summed E-state index contributed by atoms with van der Waals surface area (Å²) < 4.78 is 58.6. The second-order valence-electron chi connectivity index (χ2n) is 6.75. The second kappa shape index (κ2) is 10.8. The summed E-state index contributed by atoms with van der Waals surface area (Å²) in [7, 11) is 0. The highest BCUT2D eigenvalue weighted by Crippen LogP contribution is 2.28. The van der Waals surface area contributed by atoms with Crippen LogP contribution >= 0.6 is 0 Å². The lowest BCUT2D eigenvalue weighted by Gasteiger charge is -2.34. The van der Waals surface area contributed by atoms with E-state index >= 15 is 0 Å². The zero-order chi connectivity index (χ0) is 22.2. The van der Waals surface area contributed by atoms with Crippen LogP contribution in [-0.4, -0.2) is 60.1 Å². The van der Waals surface area contributed by atoms with Gasteiger partial charge in [0, 0.05) is 62.8 Å². The van der Waals surface area contributed by atoms with Crippen LogP contribution in [0.5, 0.6) is 11.5 Å². The number of carbonyl (C=O) groups excluding carboxylic acids is 1. The van der Waals surface area contributed by atoms with Crippen LogP contribution in [0.15, 0.2) is 48.8 Å². The topological polar surface area (TPSA) is 54.9 Å². The third-order valence-corrected chi connectivity index (χ3v) is 4.67. The maximum Gasteiger partial charge on any atom is 0.387 e. The molecule has 0 radical (unpaired) electrons. The van der Waals surface area contributed by atoms with Gasteiger partial charge in [0.2, 0.25) is 5.91 Å². The van der Waals surface area contributed by atoms with E-state index in [1.54, 1.807) is 17.3 Å². The fourth-order valence-corrected chi connectivity index (χ4v) is 3.17. The van der Waals surface area contributed by atoms with Crippen LogP contribution in [0.2, 0.25) is 0 Å². The number of aromatic nitrogens is 1. The number of hydrogen-bond acceptors (Lipinski definition) is 5. The Morgan fingerprint density at radius 3 is 2.32 bits per heavy atom. The molecule has 1 amide bonds. The Balaban J connectivity index is 1.59. The van der Waals surface area contributed by atoms with Crippen LogP contribution in [0.4, 0.5) is 17.6 Å². The van der Waals surface area contributed by atoms with Gasteiger partial charge in [-0.1, -0.05) is 0 Å². The van der Waals surface area contributed by atoms with Gasteiger partial charge in [0.1, 0.15) is 11.5 Å². The molecule has 3 rings (SSSR count). The molecule has 0 N–H and O–H groups in total. The summed E-state index contributed by atoms with van der Waals surface area (Å²) in [6.45, 7) is -3.05. The molecule has 1 aromatic carbocycles. The number of halogens is 4. The lowest BCUT2D eigenvalue weighted by molar-refractivity contribution is -0.127. The minimum absolute atomic E-state index is 0.145. The molecule has 1 aliphatic rings. The van der Waals surface area contributed by atoms with E-state index in [4.69, 9.17) is 0 Å². The van der Waals surface area contributed by atoms with Crippen molar-refractivity contribution in [2.75, 3.05) is 26.2 Å². The third-order valence-electron chi connectivity index (χ3n) is 4.67. The number of pyridine rings is 1. The van der Waals surface area contributed by atoms with Crippen molar-refractivity contribution in [2.45, 2.75) is 19.8 Å². The van der Waals surface area contributed by atoms with E-state index in [2.05, 4.69) is 19.4 Å². The van der Waals surface area contributed by atoms with Gasteiger partial charge in [0.15, 0.2) is 0 Å². The van der Waals surface area contributed by atoms with E-state index in [0.717, 1.165) is 18.2 Å². The molecule has 2 heterocycles. The number of benzene rings is 1. The standard InChI is InChI=1S/C21H21F4N3O3/c22-20(23)30-17-3-1-16(18(13-17)31-21(24)25)2-4-19(29)28-11-9-27(10-12-28)14-15-5-7-26-8-6-15/h1-8,13,20-21H,9-12,14H2/b4-2+. The molecule has 0 saturated carbocycles. The summed E-state index contributed by atoms with van der Waals surface area (Å²) >= 11 is 0. The van der Waals surface area contributed by atoms with Gasteiger partial charge < -0.3 is 14.4 Å². The highest BCUT2D eigenvalue weighted by Gasteiger charge is 2.20. The Hall–Kier alpha value is -3.14. The Kier molecular flexibility index (Phi) is 7.82. The van der Waals surface area contributed by atoms with Crippen LogP contribution in [0.25, 0.3) is 6.08 Å². The molecule has 10 heteroatoms. The molecule has 0 spiro atoms. The van der Waals surface area contributed by atoms with E-state index in [-0.39, 0.29) is 23.0 Å². The van der Waals surface area contributed by atoms with Crippen molar-refractivity contribution in [3.8, 4) is 11.5 Å². The highest BCUT2D eigenvalue weighted by molar-refractivity contribution is 5.92. The highest BCUT2D eigenvalue weighted by atomic mass is 19.3. The maximum atomic E-state index is 12.7. The first-order chi connectivity index (χ1) is 14.9. The number of piperazine rings is 1. The predicted octanol–water partition coefficient (Wildman–Crippen LogP) is 3.64. The molecular formula is C21H21F4N3O3. The van der Waals surface area contributed by atoms with Gasteiger partial charge in [-0.25, -0.2) is 0 Å². The number of hydrogen-bond donors (Lipinski definition) is 0.